The first-order chi connectivity index (χ1) is 14.0. The molecule has 2 aromatic rings. The normalized spacial score (nSPS) is 13.5. The molecule has 0 saturated heterocycles. The molecule has 0 aliphatic heterocycles. The lowest BCUT2D eigenvalue weighted by Crippen LogP contribution is -2.26. The third kappa shape index (κ3) is 14.1. The van der Waals surface area contributed by atoms with Crippen molar-refractivity contribution in [1.29, 1.82) is 0 Å². The molecule has 2 aromatic carbocycles. The molecule has 0 spiro atoms. The number of benzene rings is 2. The molecule has 0 heterocycles. The molecule has 7 heteroatoms. The summed E-state index contributed by atoms with van der Waals surface area (Å²) in [6.45, 7) is 10.3. The largest absolute Gasteiger partial charge is 0.328 e. The van der Waals surface area contributed by atoms with Gasteiger partial charge in [0.25, 0.3) is 0 Å². The van der Waals surface area contributed by atoms with Crippen LogP contribution in [0.4, 0.5) is 0 Å². The molecule has 2 N–H and O–H groups in total. The van der Waals surface area contributed by atoms with Gasteiger partial charge in [0.2, 0.25) is 0 Å². The Hall–Kier alpha value is -0.290. The first-order valence-electron chi connectivity index (χ1n) is 10.6. The van der Waals surface area contributed by atoms with Gasteiger partial charge in [-0.3, -0.25) is 4.21 Å². The van der Waals surface area contributed by atoms with Crippen molar-refractivity contribution in [3.8, 4) is 0 Å². The average molecular weight is 543 g/mol. The van der Waals surface area contributed by atoms with Gasteiger partial charge in [-0.05, 0) is 82.6 Å². The van der Waals surface area contributed by atoms with E-state index >= 15 is 0 Å². The fraction of sp³-hybridized carbons (Fsp3) is 0.520. The van der Waals surface area contributed by atoms with E-state index in [4.69, 9.17) is 28.9 Å². The molecule has 1 unspecified atom stereocenters. The Balaban J connectivity index is 0. The van der Waals surface area contributed by atoms with Gasteiger partial charge < -0.3 is 5.73 Å². The van der Waals surface area contributed by atoms with Gasteiger partial charge in [0.15, 0.2) is 0 Å². The summed E-state index contributed by atoms with van der Waals surface area (Å²) in [5, 5.41) is 1.68. The van der Waals surface area contributed by atoms with Crippen LogP contribution in [0.25, 0.3) is 0 Å². The van der Waals surface area contributed by atoms with Crippen molar-refractivity contribution < 1.29 is 4.21 Å². The fourth-order valence-corrected chi connectivity index (χ4v) is 4.42. The Kier molecular flexibility index (Phi) is 18.2. The standard InChI is InChI=1S/C15H23ClOS.C10H14ClN.2ClH/c1-12(11-18(17)15(2,3)4)9-10-13-7-5-6-8-14(13)16;1-8(12)6-7-9-4-2-3-5-10(9)11;;/h5-8,12H,9-11H2,1-4H3;2-5,8H,6-7,12H2,1H3;2*1H/t12?,18-;8-;;/m10../s1. The average Bonchev–Trinajstić information content (AvgIpc) is 2.66. The van der Waals surface area contributed by atoms with Crippen molar-refractivity contribution in [3.63, 3.8) is 0 Å². The third-order valence-electron chi connectivity index (χ3n) is 4.81. The molecule has 0 radical (unpaired) electrons. The van der Waals surface area contributed by atoms with Gasteiger partial charge in [-0.15, -0.1) is 24.8 Å². The molecule has 0 aliphatic carbocycles. The molecule has 0 aromatic heterocycles. The summed E-state index contributed by atoms with van der Waals surface area (Å²) in [5.41, 5.74) is 8.03. The van der Waals surface area contributed by atoms with Crippen LogP contribution in [0.15, 0.2) is 48.5 Å². The summed E-state index contributed by atoms with van der Waals surface area (Å²) in [5.74, 6) is 1.23. The van der Waals surface area contributed by atoms with E-state index in [0.717, 1.165) is 41.5 Å². The lowest BCUT2D eigenvalue weighted by atomic mass is 10.0. The lowest BCUT2D eigenvalue weighted by molar-refractivity contribution is 0.573. The molecule has 0 bridgehead atoms. The number of nitrogens with two attached hydrogens (primary N) is 1. The third-order valence-corrected chi connectivity index (χ3v) is 7.79. The maximum absolute atomic E-state index is 12.0. The maximum Gasteiger partial charge on any atom is 0.0437 e. The minimum Gasteiger partial charge on any atom is -0.328 e. The van der Waals surface area contributed by atoms with Crippen molar-refractivity contribution in [2.75, 3.05) is 5.75 Å². The summed E-state index contributed by atoms with van der Waals surface area (Å²) in [4.78, 5) is 0. The van der Waals surface area contributed by atoms with Crippen LogP contribution in [-0.4, -0.2) is 20.8 Å². The molecular weight excluding hydrogens is 504 g/mol. The highest BCUT2D eigenvalue weighted by molar-refractivity contribution is 7.86. The highest BCUT2D eigenvalue weighted by Gasteiger charge is 2.21. The van der Waals surface area contributed by atoms with Crippen molar-refractivity contribution >= 4 is 58.8 Å². The molecule has 0 amide bonds. The monoisotopic (exact) mass is 541 g/mol. The van der Waals surface area contributed by atoms with Gasteiger partial charge in [0.1, 0.15) is 0 Å². The summed E-state index contributed by atoms with van der Waals surface area (Å²) in [6.07, 6.45) is 3.95. The predicted octanol–water partition coefficient (Wildman–Crippen LogP) is 7.92. The van der Waals surface area contributed by atoms with Crippen molar-refractivity contribution in [2.45, 2.75) is 71.1 Å². The zero-order chi connectivity index (χ0) is 22.7. The summed E-state index contributed by atoms with van der Waals surface area (Å²) in [7, 11) is -0.764. The van der Waals surface area contributed by atoms with Crippen LogP contribution in [0.2, 0.25) is 10.0 Å². The minimum atomic E-state index is -0.764. The van der Waals surface area contributed by atoms with Crippen LogP contribution < -0.4 is 5.73 Å². The Morgan fingerprint density at radius 2 is 1.25 bits per heavy atom. The van der Waals surface area contributed by atoms with E-state index < -0.39 is 10.8 Å². The topological polar surface area (TPSA) is 43.1 Å². The van der Waals surface area contributed by atoms with Crippen molar-refractivity contribution in [2.24, 2.45) is 11.7 Å². The molecule has 0 aliphatic rings. The van der Waals surface area contributed by atoms with Gasteiger partial charge >= 0.3 is 0 Å². The maximum atomic E-state index is 12.0. The summed E-state index contributed by atoms with van der Waals surface area (Å²) < 4.78 is 11.9. The number of hydrogen-bond acceptors (Lipinski definition) is 2. The zero-order valence-electron chi connectivity index (χ0n) is 19.8. The van der Waals surface area contributed by atoms with Crippen LogP contribution in [0.3, 0.4) is 0 Å². The molecular formula is C25H39Cl4NOS. The number of halogens is 4. The molecule has 184 valence electrons. The van der Waals surface area contributed by atoms with Gasteiger partial charge in [0, 0.05) is 37.4 Å². The van der Waals surface area contributed by atoms with E-state index in [2.05, 4.69) is 13.0 Å². The Morgan fingerprint density at radius 1 is 0.844 bits per heavy atom. The van der Waals surface area contributed by atoms with E-state index in [1.54, 1.807) is 0 Å². The van der Waals surface area contributed by atoms with Gasteiger partial charge in [-0.1, -0.05) is 66.5 Å². The Labute approximate surface area is 220 Å². The molecule has 0 saturated carbocycles. The molecule has 2 nitrogen and oxygen atoms in total. The van der Waals surface area contributed by atoms with Gasteiger partial charge in [0.05, 0.1) is 0 Å². The second-order valence-electron chi connectivity index (χ2n) is 8.97. The highest BCUT2D eigenvalue weighted by Crippen LogP contribution is 2.21. The first-order valence-corrected chi connectivity index (χ1v) is 12.7. The quantitative estimate of drug-likeness (QED) is 0.368. The fourth-order valence-electron chi connectivity index (χ4n) is 2.78. The van der Waals surface area contributed by atoms with E-state index in [9.17, 15) is 4.21 Å². The van der Waals surface area contributed by atoms with Gasteiger partial charge in [-0.2, -0.15) is 0 Å². The second-order valence-corrected chi connectivity index (χ2v) is 12.0. The minimum absolute atomic E-state index is 0. The Morgan fingerprint density at radius 3 is 1.62 bits per heavy atom. The van der Waals surface area contributed by atoms with Crippen LogP contribution in [-0.2, 0) is 23.6 Å². The van der Waals surface area contributed by atoms with E-state index in [1.807, 2.05) is 70.2 Å². The zero-order valence-corrected chi connectivity index (χ0v) is 23.7. The summed E-state index contributed by atoms with van der Waals surface area (Å²) >= 11 is 12.1. The SMILES string of the molecule is CC(CCc1ccccc1Cl)C[S@@](=O)C(C)(C)C.C[C@H](N)CCc1ccccc1Cl.Cl.Cl. The first kappa shape index (κ1) is 33.9. The summed E-state index contributed by atoms with van der Waals surface area (Å²) in [6, 6.07) is 16.1. The number of rotatable bonds is 8. The second kappa shape index (κ2) is 17.2. The van der Waals surface area contributed by atoms with Crippen LogP contribution in [0.5, 0.6) is 0 Å². The van der Waals surface area contributed by atoms with Crippen LogP contribution >= 0.6 is 48.0 Å². The smallest absolute Gasteiger partial charge is 0.0437 e. The molecule has 3 atom stereocenters. The van der Waals surface area contributed by atoms with Crippen LogP contribution in [0.1, 0.15) is 58.6 Å². The molecule has 0 fully saturated rings. The molecule has 2 rings (SSSR count). The number of hydrogen-bond donors (Lipinski definition) is 1. The molecule has 32 heavy (non-hydrogen) atoms. The van der Waals surface area contributed by atoms with Crippen molar-refractivity contribution in [1.82, 2.24) is 0 Å². The predicted molar refractivity (Wildman–Crippen MR) is 150 cm³/mol. The highest BCUT2D eigenvalue weighted by atomic mass is 35.5. The van der Waals surface area contributed by atoms with Gasteiger partial charge in [-0.25, -0.2) is 0 Å². The number of aryl methyl sites for hydroxylation is 2. The van der Waals surface area contributed by atoms with E-state index in [-0.39, 0.29) is 35.6 Å². The van der Waals surface area contributed by atoms with E-state index in [0.29, 0.717) is 5.92 Å². The lowest BCUT2D eigenvalue weighted by Gasteiger charge is -2.20. The van der Waals surface area contributed by atoms with E-state index in [1.165, 1.54) is 11.1 Å². The Bertz CT molecular complexity index is 794. The van der Waals surface area contributed by atoms with Crippen LogP contribution in [0, 0.1) is 5.92 Å². The van der Waals surface area contributed by atoms with Crippen molar-refractivity contribution in [3.05, 3.63) is 69.7 Å².